The highest BCUT2D eigenvalue weighted by atomic mass is 35.5. The number of pyridine rings is 1. The number of anilines is 1. The van der Waals surface area contributed by atoms with Gasteiger partial charge in [0.05, 0.1) is 42.2 Å². The molecule has 1 atom stereocenters. The van der Waals surface area contributed by atoms with Crippen molar-refractivity contribution in [3.05, 3.63) is 41.3 Å². The molecule has 1 aliphatic carbocycles. The molecule has 8 rings (SSSR count). The summed E-state index contributed by atoms with van der Waals surface area (Å²) in [6, 6.07) is 9.61. The number of fused-ring (bicyclic) bond motifs is 3. The quantitative estimate of drug-likeness (QED) is 0.364. The second-order valence-corrected chi connectivity index (χ2v) is 14.0. The summed E-state index contributed by atoms with van der Waals surface area (Å²) in [7, 11) is 0. The molecule has 1 saturated carbocycles. The number of amides is 1. The van der Waals surface area contributed by atoms with Gasteiger partial charge < -0.3 is 14.2 Å². The molecule has 4 aliphatic heterocycles. The predicted molar refractivity (Wildman–Crippen MR) is 165 cm³/mol. The van der Waals surface area contributed by atoms with Crippen LogP contribution in [0.5, 0.6) is 0 Å². The summed E-state index contributed by atoms with van der Waals surface area (Å²) in [6.07, 6.45) is 6.10. The summed E-state index contributed by atoms with van der Waals surface area (Å²) in [4.78, 5) is 30.9. The molecule has 1 aromatic carbocycles. The van der Waals surface area contributed by atoms with Gasteiger partial charge in [-0.3, -0.25) is 14.6 Å². The van der Waals surface area contributed by atoms with Crippen molar-refractivity contribution in [2.75, 3.05) is 44.3 Å². The van der Waals surface area contributed by atoms with Gasteiger partial charge in [-0.15, -0.1) is 0 Å². The van der Waals surface area contributed by atoms with Gasteiger partial charge in [-0.05, 0) is 89.7 Å². The van der Waals surface area contributed by atoms with Crippen molar-refractivity contribution in [1.82, 2.24) is 24.3 Å². The summed E-state index contributed by atoms with van der Waals surface area (Å²) in [6.45, 7) is 9.08. The fourth-order valence-electron chi connectivity index (χ4n) is 8.21. The van der Waals surface area contributed by atoms with Gasteiger partial charge in [-0.2, -0.15) is 0 Å². The number of carbonyl (C=O) groups excluding carboxylic acids is 1. The maximum Gasteiger partial charge on any atom is 0.238 e. The molecule has 6 heterocycles. The van der Waals surface area contributed by atoms with Crippen molar-refractivity contribution >= 4 is 34.2 Å². The summed E-state index contributed by atoms with van der Waals surface area (Å²) >= 11 is 6.75. The third kappa shape index (κ3) is 4.44. The number of piperidine rings is 2. The Morgan fingerprint density at radius 1 is 1.05 bits per heavy atom. The minimum Gasteiger partial charge on any atom is -0.378 e. The number of nitrogens with zero attached hydrogens (tertiary/aromatic N) is 6. The number of hydrogen-bond acceptors (Lipinski definition) is 6. The topological polar surface area (TPSA) is 66.7 Å². The molecule has 228 valence electrons. The second-order valence-electron chi connectivity index (χ2n) is 13.6. The van der Waals surface area contributed by atoms with Crippen molar-refractivity contribution in [3.8, 4) is 11.3 Å². The smallest absolute Gasteiger partial charge is 0.238 e. The van der Waals surface area contributed by atoms with Gasteiger partial charge in [-0.1, -0.05) is 23.7 Å². The number of rotatable bonds is 5. The molecule has 5 aliphatic rings. The molecular formula is C33H40ClFN6O2. The van der Waals surface area contributed by atoms with Gasteiger partial charge in [-0.25, -0.2) is 14.4 Å². The second kappa shape index (κ2) is 10.5. The maximum absolute atomic E-state index is 14.6. The molecule has 3 aromatic rings. The monoisotopic (exact) mass is 606 g/mol. The van der Waals surface area contributed by atoms with Crippen LogP contribution in [0.15, 0.2) is 30.6 Å². The molecule has 43 heavy (non-hydrogen) atoms. The van der Waals surface area contributed by atoms with Crippen molar-refractivity contribution < 1.29 is 13.9 Å². The van der Waals surface area contributed by atoms with E-state index in [1.54, 1.807) is 0 Å². The summed E-state index contributed by atoms with van der Waals surface area (Å²) in [5.74, 6) is 0.242. The van der Waals surface area contributed by atoms with E-state index < -0.39 is 11.6 Å². The average Bonchev–Trinajstić information content (AvgIpc) is 3.47. The van der Waals surface area contributed by atoms with Gasteiger partial charge in [0.25, 0.3) is 0 Å². The van der Waals surface area contributed by atoms with Gasteiger partial charge in [0.1, 0.15) is 11.7 Å². The predicted octanol–water partition coefficient (Wildman–Crippen LogP) is 5.38. The number of imidazole rings is 1. The number of likely N-dealkylation sites (tertiary alicyclic amines) is 2. The third-order valence-electron chi connectivity index (χ3n) is 10.9. The van der Waals surface area contributed by atoms with E-state index >= 15 is 0 Å². The maximum atomic E-state index is 14.6. The van der Waals surface area contributed by atoms with Gasteiger partial charge >= 0.3 is 0 Å². The molecule has 0 N–H and O–H groups in total. The minimum absolute atomic E-state index is 0.129. The van der Waals surface area contributed by atoms with Crippen LogP contribution in [0.2, 0.25) is 5.15 Å². The minimum atomic E-state index is -0.734. The number of aromatic nitrogens is 3. The van der Waals surface area contributed by atoms with Crippen LogP contribution in [0, 0.1) is 0 Å². The molecule has 0 bridgehead atoms. The lowest BCUT2D eigenvalue weighted by atomic mass is 9.73. The van der Waals surface area contributed by atoms with Gasteiger partial charge in [0, 0.05) is 35.9 Å². The summed E-state index contributed by atoms with van der Waals surface area (Å²) in [5.41, 5.74) is 5.01. The zero-order valence-electron chi connectivity index (χ0n) is 25.0. The standard InChI is InChI=1S/C33H40ClFN6O2/c1-20(2)40-19-36-28-15-27(37-31(34)30(28)40)21-5-6-26-29(12-21)41(24-13-23(14-24)39-9-3-4-22(35)16-39)32(42)33(26)7-10-38(11-8-33)25-17-43-18-25/h5-6,12,15,19-20,22-25H,3-4,7-11,13-14,16-18H2,1-2H3/t22-,23?,24?/m1/s1. The van der Waals surface area contributed by atoms with Crippen molar-refractivity contribution in [3.63, 3.8) is 0 Å². The Bertz CT molecular complexity index is 1560. The van der Waals surface area contributed by atoms with E-state index in [2.05, 4.69) is 51.7 Å². The van der Waals surface area contributed by atoms with E-state index in [-0.39, 0.29) is 18.0 Å². The van der Waals surface area contributed by atoms with E-state index in [0.717, 1.165) is 98.5 Å². The Kier molecular flexibility index (Phi) is 6.82. The molecule has 4 fully saturated rings. The van der Waals surface area contributed by atoms with Crippen LogP contribution >= 0.6 is 11.6 Å². The fraction of sp³-hybridized carbons (Fsp3) is 0.606. The summed E-state index contributed by atoms with van der Waals surface area (Å²) < 4.78 is 21.7. The van der Waals surface area contributed by atoms with Crippen LogP contribution in [0.25, 0.3) is 22.3 Å². The van der Waals surface area contributed by atoms with E-state index in [9.17, 15) is 9.18 Å². The van der Waals surface area contributed by atoms with Crippen LogP contribution in [-0.4, -0.2) is 93.9 Å². The number of halogens is 2. The number of alkyl halides is 1. The highest BCUT2D eigenvalue weighted by molar-refractivity contribution is 6.34. The summed E-state index contributed by atoms with van der Waals surface area (Å²) in [5, 5.41) is 0.436. The van der Waals surface area contributed by atoms with Crippen molar-refractivity contribution in [1.29, 1.82) is 0 Å². The largest absolute Gasteiger partial charge is 0.378 e. The Morgan fingerprint density at radius 3 is 2.53 bits per heavy atom. The normalized spacial score (nSPS) is 28.1. The zero-order chi connectivity index (χ0) is 29.5. The van der Waals surface area contributed by atoms with Gasteiger partial charge in [0.2, 0.25) is 5.91 Å². The third-order valence-corrected chi connectivity index (χ3v) is 11.2. The molecule has 1 amide bonds. The number of hydrogen-bond donors (Lipinski definition) is 0. The van der Waals surface area contributed by atoms with Crippen LogP contribution in [0.3, 0.4) is 0 Å². The lowest BCUT2D eigenvalue weighted by Gasteiger charge is -2.49. The van der Waals surface area contributed by atoms with Crippen molar-refractivity contribution in [2.45, 2.75) is 88.1 Å². The van der Waals surface area contributed by atoms with Gasteiger partial charge in [0.15, 0.2) is 5.15 Å². The van der Waals surface area contributed by atoms with Crippen LogP contribution < -0.4 is 4.90 Å². The van der Waals surface area contributed by atoms with E-state index in [0.29, 0.717) is 30.2 Å². The van der Waals surface area contributed by atoms with E-state index in [1.807, 2.05) is 17.0 Å². The first-order valence-corrected chi connectivity index (χ1v) is 16.4. The molecule has 0 unspecified atom stereocenters. The molecule has 2 aromatic heterocycles. The first-order valence-electron chi connectivity index (χ1n) is 16.0. The molecule has 0 radical (unpaired) electrons. The lowest BCUT2D eigenvalue weighted by molar-refractivity contribution is -0.128. The van der Waals surface area contributed by atoms with Crippen LogP contribution in [-0.2, 0) is 14.9 Å². The van der Waals surface area contributed by atoms with E-state index in [1.165, 1.54) is 0 Å². The van der Waals surface area contributed by atoms with E-state index in [4.69, 9.17) is 21.3 Å². The Morgan fingerprint density at radius 2 is 1.84 bits per heavy atom. The SMILES string of the molecule is CC(C)n1cnc2cc(-c3ccc4c(c3)N(C3CC(N5CCC[C@@H](F)C5)C3)C(=O)C43CCN(C4COC4)CC3)nc(Cl)c21. The van der Waals surface area contributed by atoms with Crippen LogP contribution in [0.1, 0.15) is 64.0 Å². The molecule has 10 heteroatoms. The number of ether oxygens (including phenoxy) is 1. The highest BCUT2D eigenvalue weighted by Crippen LogP contribution is 2.52. The lowest BCUT2D eigenvalue weighted by Crippen LogP contribution is -2.60. The van der Waals surface area contributed by atoms with Crippen molar-refractivity contribution in [2.24, 2.45) is 0 Å². The Balaban J connectivity index is 1.13. The molecule has 1 spiro atoms. The molecule has 3 saturated heterocycles. The van der Waals surface area contributed by atoms with Crippen LogP contribution in [0.4, 0.5) is 10.1 Å². The Hall–Kier alpha value is -2.59. The highest BCUT2D eigenvalue weighted by Gasteiger charge is 2.56. The zero-order valence-corrected chi connectivity index (χ0v) is 25.8. The number of benzene rings is 1. The molecule has 8 nitrogen and oxygen atoms in total. The number of carbonyl (C=O) groups is 1. The first-order chi connectivity index (χ1) is 20.8. The average molecular weight is 607 g/mol. The fourth-order valence-corrected chi connectivity index (χ4v) is 8.49. The Labute approximate surface area is 257 Å². The molecular weight excluding hydrogens is 567 g/mol. The first kappa shape index (κ1) is 27.9.